The lowest BCUT2D eigenvalue weighted by atomic mass is 10.1. The van der Waals surface area contributed by atoms with Gasteiger partial charge in [0.05, 0.1) is 10.3 Å². The number of hydrogen-bond donors (Lipinski definition) is 0. The fourth-order valence-electron chi connectivity index (χ4n) is 3.82. The molecular weight excluding hydrogens is 358 g/mol. The summed E-state index contributed by atoms with van der Waals surface area (Å²) in [4.78, 5) is 34.0. The molecule has 0 saturated carbocycles. The Balaban J connectivity index is 1.82. The lowest BCUT2D eigenvalue weighted by Gasteiger charge is -2.19. The Hall–Kier alpha value is -2.47. The van der Waals surface area contributed by atoms with Gasteiger partial charge in [-0.25, -0.2) is 4.98 Å². The van der Waals surface area contributed by atoms with Crippen molar-refractivity contribution in [2.24, 2.45) is 0 Å². The summed E-state index contributed by atoms with van der Waals surface area (Å²) in [5.74, 6) is 0.766. The Morgan fingerprint density at radius 3 is 2.74 bits per heavy atom. The van der Waals surface area contributed by atoms with Gasteiger partial charge in [0.1, 0.15) is 10.7 Å². The minimum Gasteiger partial charge on any atom is -0.310 e. The van der Waals surface area contributed by atoms with E-state index in [1.54, 1.807) is 11.9 Å². The predicted octanol–water partition coefficient (Wildman–Crippen LogP) is 4.08. The first kappa shape index (κ1) is 17.9. The highest BCUT2D eigenvalue weighted by Crippen LogP contribution is 2.31. The van der Waals surface area contributed by atoms with E-state index in [1.807, 2.05) is 42.7 Å². The Labute approximate surface area is 162 Å². The van der Waals surface area contributed by atoms with Gasteiger partial charge in [-0.15, -0.1) is 11.3 Å². The van der Waals surface area contributed by atoms with Gasteiger partial charge in [-0.2, -0.15) is 0 Å². The van der Waals surface area contributed by atoms with Crippen molar-refractivity contribution in [1.82, 2.24) is 9.55 Å². The van der Waals surface area contributed by atoms with Gasteiger partial charge in [-0.3, -0.25) is 14.2 Å². The minimum atomic E-state index is -0.0932. The monoisotopic (exact) mass is 381 g/mol. The fourth-order valence-corrected chi connectivity index (χ4v) is 4.98. The van der Waals surface area contributed by atoms with E-state index in [0.717, 1.165) is 54.9 Å². The van der Waals surface area contributed by atoms with E-state index in [1.165, 1.54) is 11.3 Å². The number of amides is 1. The molecule has 0 fully saturated rings. The number of thiophene rings is 1. The van der Waals surface area contributed by atoms with Crippen LogP contribution in [0.5, 0.6) is 0 Å². The topological polar surface area (TPSA) is 55.2 Å². The summed E-state index contributed by atoms with van der Waals surface area (Å²) >= 11 is 1.34. The van der Waals surface area contributed by atoms with E-state index in [4.69, 9.17) is 4.98 Å². The standard InChI is InChI=1S/C21H23N3O2S/c1-13-9-6-7-10-15(13)23(3)21(26)18-14(2)17-19(27-18)22-16-11-5-4-8-12-24(16)20(17)25/h6-7,9-10H,4-5,8,11-12H2,1-3H3. The zero-order valence-corrected chi connectivity index (χ0v) is 16.7. The summed E-state index contributed by atoms with van der Waals surface area (Å²) in [6, 6.07) is 7.81. The van der Waals surface area contributed by atoms with Crippen molar-refractivity contribution >= 4 is 33.1 Å². The molecule has 6 heteroatoms. The van der Waals surface area contributed by atoms with E-state index in [0.29, 0.717) is 15.1 Å². The average molecular weight is 382 g/mol. The van der Waals surface area contributed by atoms with Gasteiger partial charge in [0, 0.05) is 25.7 Å². The Kier molecular flexibility index (Phi) is 4.60. The second-order valence-corrected chi connectivity index (χ2v) is 8.18. The summed E-state index contributed by atoms with van der Waals surface area (Å²) in [6.45, 7) is 4.57. The molecule has 1 aliphatic heterocycles. The van der Waals surface area contributed by atoms with Crippen LogP contribution in [0.4, 0.5) is 5.69 Å². The number of carbonyl (C=O) groups is 1. The summed E-state index contributed by atoms with van der Waals surface area (Å²) < 4.78 is 1.81. The molecule has 1 amide bonds. The first-order chi connectivity index (χ1) is 13.0. The molecule has 0 aliphatic carbocycles. The van der Waals surface area contributed by atoms with Crippen LogP contribution in [0.25, 0.3) is 10.2 Å². The second-order valence-electron chi connectivity index (χ2n) is 7.18. The van der Waals surface area contributed by atoms with Crippen molar-refractivity contribution in [1.29, 1.82) is 0 Å². The average Bonchev–Trinajstić information content (AvgIpc) is 2.83. The van der Waals surface area contributed by atoms with Gasteiger partial charge < -0.3 is 4.90 Å². The van der Waals surface area contributed by atoms with Crippen molar-refractivity contribution < 1.29 is 4.79 Å². The number of para-hydroxylation sites is 1. The third-order valence-electron chi connectivity index (χ3n) is 5.39. The van der Waals surface area contributed by atoms with Crippen LogP contribution < -0.4 is 10.5 Å². The second kappa shape index (κ2) is 6.93. The number of aryl methyl sites for hydroxylation is 3. The number of carbonyl (C=O) groups excluding carboxylic acids is 1. The first-order valence-electron chi connectivity index (χ1n) is 9.35. The largest absolute Gasteiger partial charge is 0.310 e. The SMILES string of the molecule is Cc1ccccc1N(C)C(=O)c1sc2nc3n(c(=O)c2c1C)CCCCC3. The number of fused-ring (bicyclic) bond motifs is 2. The molecule has 140 valence electrons. The van der Waals surface area contributed by atoms with Gasteiger partial charge in [0.25, 0.3) is 11.5 Å². The van der Waals surface area contributed by atoms with Gasteiger partial charge in [0.2, 0.25) is 0 Å². The van der Waals surface area contributed by atoms with E-state index >= 15 is 0 Å². The quantitative estimate of drug-likeness (QED) is 0.672. The molecule has 3 aromatic rings. The molecule has 5 nitrogen and oxygen atoms in total. The lowest BCUT2D eigenvalue weighted by molar-refractivity contribution is 0.0996. The molecule has 27 heavy (non-hydrogen) atoms. The maximum absolute atomic E-state index is 13.2. The summed E-state index contributed by atoms with van der Waals surface area (Å²) in [5, 5.41) is 0.604. The maximum Gasteiger partial charge on any atom is 0.268 e. The van der Waals surface area contributed by atoms with Crippen molar-refractivity contribution in [3.63, 3.8) is 0 Å². The lowest BCUT2D eigenvalue weighted by Crippen LogP contribution is -2.27. The Morgan fingerprint density at radius 2 is 1.96 bits per heavy atom. The number of anilines is 1. The molecule has 0 atom stereocenters. The molecule has 0 spiro atoms. The van der Waals surface area contributed by atoms with Gasteiger partial charge >= 0.3 is 0 Å². The normalized spacial score (nSPS) is 14.0. The highest BCUT2D eigenvalue weighted by molar-refractivity contribution is 7.20. The molecule has 0 unspecified atom stereocenters. The molecular formula is C21H23N3O2S. The highest BCUT2D eigenvalue weighted by Gasteiger charge is 2.24. The molecule has 0 N–H and O–H groups in total. The number of rotatable bonds is 2. The predicted molar refractivity (Wildman–Crippen MR) is 110 cm³/mol. The van der Waals surface area contributed by atoms with Crippen LogP contribution in [0.15, 0.2) is 29.1 Å². The minimum absolute atomic E-state index is 0.00300. The Bertz CT molecular complexity index is 1100. The van der Waals surface area contributed by atoms with Crippen molar-refractivity contribution in [2.75, 3.05) is 11.9 Å². The molecule has 0 saturated heterocycles. The smallest absolute Gasteiger partial charge is 0.268 e. The molecule has 2 aromatic heterocycles. The van der Waals surface area contributed by atoms with Gasteiger partial charge in [-0.05, 0) is 43.9 Å². The third-order valence-corrected chi connectivity index (χ3v) is 6.56. The van der Waals surface area contributed by atoms with Crippen LogP contribution in [0.3, 0.4) is 0 Å². The maximum atomic E-state index is 13.2. The summed E-state index contributed by atoms with van der Waals surface area (Å²) in [7, 11) is 1.78. The van der Waals surface area contributed by atoms with Crippen LogP contribution >= 0.6 is 11.3 Å². The third kappa shape index (κ3) is 2.98. The van der Waals surface area contributed by atoms with Crippen LogP contribution in [-0.2, 0) is 13.0 Å². The summed E-state index contributed by atoms with van der Waals surface area (Å²) in [6.07, 6.45) is 4.02. The highest BCUT2D eigenvalue weighted by atomic mass is 32.1. The summed E-state index contributed by atoms with van der Waals surface area (Å²) in [5.41, 5.74) is 2.66. The van der Waals surface area contributed by atoms with E-state index < -0.39 is 0 Å². The number of aromatic nitrogens is 2. The van der Waals surface area contributed by atoms with E-state index in [9.17, 15) is 9.59 Å². The van der Waals surface area contributed by atoms with E-state index in [-0.39, 0.29) is 11.5 Å². The molecule has 1 aromatic carbocycles. The molecule has 3 heterocycles. The van der Waals surface area contributed by atoms with Crippen LogP contribution in [0.1, 0.15) is 45.9 Å². The van der Waals surface area contributed by atoms with Crippen molar-refractivity contribution in [3.05, 3.63) is 56.4 Å². The van der Waals surface area contributed by atoms with Crippen molar-refractivity contribution in [2.45, 2.75) is 46.1 Å². The number of benzene rings is 1. The Morgan fingerprint density at radius 1 is 1.19 bits per heavy atom. The molecule has 4 rings (SSSR count). The number of nitrogens with zero attached hydrogens (tertiary/aromatic N) is 3. The van der Waals surface area contributed by atoms with E-state index in [2.05, 4.69) is 0 Å². The van der Waals surface area contributed by atoms with Gasteiger partial charge in [0.15, 0.2) is 0 Å². The fraction of sp³-hybridized carbons (Fsp3) is 0.381. The first-order valence-corrected chi connectivity index (χ1v) is 10.2. The molecule has 0 bridgehead atoms. The van der Waals surface area contributed by atoms with Crippen LogP contribution in [-0.4, -0.2) is 22.5 Å². The number of hydrogen-bond acceptors (Lipinski definition) is 4. The zero-order valence-electron chi connectivity index (χ0n) is 15.9. The van der Waals surface area contributed by atoms with Crippen LogP contribution in [0, 0.1) is 13.8 Å². The zero-order chi connectivity index (χ0) is 19.1. The van der Waals surface area contributed by atoms with Crippen LogP contribution in [0.2, 0.25) is 0 Å². The van der Waals surface area contributed by atoms with Crippen molar-refractivity contribution in [3.8, 4) is 0 Å². The van der Waals surface area contributed by atoms with Gasteiger partial charge in [-0.1, -0.05) is 24.6 Å². The molecule has 1 aliphatic rings. The molecule has 0 radical (unpaired) electrons.